The molecule has 0 bridgehead atoms. The largest absolute Gasteiger partial charge is 0.480 e. The van der Waals surface area contributed by atoms with Crippen molar-refractivity contribution in [3.05, 3.63) is 108 Å². The Hall–Kier alpha value is -3.44. The lowest BCUT2D eigenvalue weighted by atomic mass is 9.90. The maximum atomic E-state index is 13.9. The molecule has 35 heavy (non-hydrogen) atoms. The van der Waals surface area contributed by atoms with Gasteiger partial charge in [-0.15, -0.1) is 0 Å². The predicted molar refractivity (Wildman–Crippen MR) is 136 cm³/mol. The molecular weight excluding hydrogens is 436 g/mol. The van der Waals surface area contributed by atoms with E-state index in [1.807, 2.05) is 66.7 Å². The number of hydrogen-bond donors (Lipinski definition) is 1. The molecule has 1 saturated carbocycles. The Labute approximate surface area is 207 Å². The summed E-state index contributed by atoms with van der Waals surface area (Å²) in [6.07, 6.45) is 1.62. The molecule has 1 heterocycles. The summed E-state index contributed by atoms with van der Waals surface area (Å²) in [5, 5.41) is 10.0. The SMILES string of the molecule is CN(CC1CC1c1ccccc1)C1CC(C(=O)O)N(C(=O)C(c2ccccc2)c2ccccc2)C1. The highest BCUT2D eigenvalue weighted by Crippen LogP contribution is 2.48. The maximum Gasteiger partial charge on any atom is 0.326 e. The molecular formula is C30H32N2O3. The van der Waals surface area contributed by atoms with Gasteiger partial charge in [0.15, 0.2) is 0 Å². The molecule has 4 unspecified atom stereocenters. The fourth-order valence-electron chi connectivity index (χ4n) is 5.62. The highest BCUT2D eigenvalue weighted by Gasteiger charge is 2.45. The Balaban J connectivity index is 1.33. The summed E-state index contributed by atoms with van der Waals surface area (Å²) in [6, 6.07) is 29.1. The van der Waals surface area contributed by atoms with Crippen LogP contribution in [0.25, 0.3) is 0 Å². The van der Waals surface area contributed by atoms with Crippen LogP contribution in [-0.4, -0.2) is 59.0 Å². The van der Waals surface area contributed by atoms with Crippen LogP contribution in [0.2, 0.25) is 0 Å². The number of carboxylic acids is 1. The van der Waals surface area contributed by atoms with E-state index in [2.05, 4.69) is 36.2 Å². The minimum absolute atomic E-state index is 0.0317. The minimum atomic E-state index is -0.928. The number of carbonyl (C=O) groups is 2. The number of amides is 1. The molecule has 1 aliphatic carbocycles. The lowest BCUT2D eigenvalue weighted by Gasteiger charge is -2.28. The van der Waals surface area contributed by atoms with Crippen LogP contribution >= 0.6 is 0 Å². The first kappa shape index (κ1) is 23.3. The number of benzene rings is 3. The molecule has 5 heteroatoms. The van der Waals surface area contributed by atoms with Crippen LogP contribution in [0, 0.1) is 5.92 Å². The summed E-state index contributed by atoms with van der Waals surface area (Å²) in [4.78, 5) is 30.1. The van der Waals surface area contributed by atoms with Gasteiger partial charge in [-0.2, -0.15) is 0 Å². The van der Waals surface area contributed by atoms with Gasteiger partial charge in [0, 0.05) is 19.1 Å². The van der Waals surface area contributed by atoms with Crippen molar-refractivity contribution >= 4 is 11.9 Å². The standard InChI is InChI=1S/C30H32N2O3/c1-31(19-24-17-26(24)21-11-5-2-6-12-21)25-18-27(30(34)35)32(20-25)29(33)28(22-13-7-3-8-14-22)23-15-9-4-10-16-23/h2-16,24-28H,17-20H2,1H3,(H,34,35). The van der Waals surface area contributed by atoms with Crippen LogP contribution in [0.4, 0.5) is 0 Å². The third-order valence-corrected chi connectivity index (χ3v) is 7.66. The summed E-state index contributed by atoms with van der Waals surface area (Å²) in [6.45, 7) is 1.35. The first-order valence-electron chi connectivity index (χ1n) is 12.4. The highest BCUT2D eigenvalue weighted by atomic mass is 16.4. The first-order valence-corrected chi connectivity index (χ1v) is 12.4. The summed E-state index contributed by atoms with van der Waals surface area (Å²) in [7, 11) is 2.07. The fourth-order valence-corrected chi connectivity index (χ4v) is 5.62. The number of likely N-dealkylation sites (tertiary alicyclic amines) is 1. The normalized spacial score (nSPS) is 23.6. The smallest absolute Gasteiger partial charge is 0.326 e. The van der Waals surface area contributed by atoms with E-state index in [4.69, 9.17) is 0 Å². The van der Waals surface area contributed by atoms with E-state index in [1.54, 1.807) is 4.90 Å². The van der Waals surface area contributed by atoms with Gasteiger partial charge in [-0.3, -0.25) is 4.79 Å². The Morgan fingerprint density at radius 1 is 0.886 bits per heavy atom. The van der Waals surface area contributed by atoms with Crippen LogP contribution in [0.15, 0.2) is 91.0 Å². The fraction of sp³-hybridized carbons (Fsp3) is 0.333. The second-order valence-electron chi connectivity index (χ2n) is 9.94. The lowest BCUT2D eigenvalue weighted by Crippen LogP contribution is -2.44. The molecule has 2 fully saturated rings. The van der Waals surface area contributed by atoms with Crippen molar-refractivity contribution in [3.8, 4) is 0 Å². The van der Waals surface area contributed by atoms with Crippen molar-refractivity contribution < 1.29 is 14.7 Å². The highest BCUT2D eigenvalue weighted by molar-refractivity contribution is 5.91. The Bertz CT molecular complexity index is 1110. The van der Waals surface area contributed by atoms with Crippen LogP contribution in [0.1, 0.15) is 41.4 Å². The van der Waals surface area contributed by atoms with Crippen molar-refractivity contribution in [2.45, 2.75) is 36.8 Å². The molecule has 1 saturated heterocycles. The summed E-state index contributed by atoms with van der Waals surface area (Å²) in [5.74, 6) is -0.429. The maximum absolute atomic E-state index is 13.9. The molecule has 5 rings (SSSR count). The lowest BCUT2D eigenvalue weighted by molar-refractivity contribution is -0.148. The molecule has 1 amide bonds. The quantitative estimate of drug-likeness (QED) is 0.525. The molecule has 1 N–H and O–H groups in total. The Kier molecular flexibility index (Phi) is 6.69. The molecule has 3 aromatic rings. The van der Waals surface area contributed by atoms with Crippen LogP contribution in [0.5, 0.6) is 0 Å². The number of aliphatic carboxylic acids is 1. The zero-order valence-corrected chi connectivity index (χ0v) is 20.0. The number of carboxylic acid groups (broad SMARTS) is 1. The van der Waals surface area contributed by atoms with E-state index < -0.39 is 17.9 Å². The van der Waals surface area contributed by atoms with Gasteiger partial charge in [0.05, 0.1) is 5.92 Å². The third kappa shape index (κ3) is 5.01. The Morgan fingerprint density at radius 3 is 1.97 bits per heavy atom. The molecule has 4 atom stereocenters. The average Bonchev–Trinajstić information content (AvgIpc) is 3.50. The second kappa shape index (κ2) is 10.0. The van der Waals surface area contributed by atoms with E-state index in [0.717, 1.165) is 24.1 Å². The number of carbonyl (C=O) groups excluding carboxylic acids is 1. The Morgan fingerprint density at radius 2 is 1.43 bits per heavy atom. The van der Waals surface area contributed by atoms with E-state index >= 15 is 0 Å². The van der Waals surface area contributed by atoms with Crippen molar-refractivity contribution in [1.29, 1.82) is 0 Å². The van der Waals surface area contributed by atoms with Crippen molar-refractivity contribution in [2.75, 3.05) is 20.1 Å². The van der Waals surface area contributed by atoms with Crippen molar-refractivity contribution in [2.24, 2.45) is 5.92 Å². The topological polar surface area (TPSA) is 60.9 Å². The van der Waals surface area contributed by atoms with Gasteiger partial charge in [0.2, 0.25) is 5.91 Å². The molecule has 3 aromatic carbocycles. The van der Waals surface area contributed by atoms with Crippen molar-refractivity contribution in [3.63, 3.8) is 0 Å². The number of nitrogens with zero attached hydrogens (tertiary/aromatic N) is 2. The summed E-state index contributed by atoms with van der Waals surface area (Å²) < 4.78 is 0. The number of hydrogen-bond acceptors (Lipinski definition) is 3. The van der Waals surface area contributed by atoms with Crippen LogP contribution in [0.3, 0.4) is 0 Å². The molecule has 2 aliphatic rings. The number of likely N-dealkylation sites (N-methyl/N-ethyl adjacent to an activating group) is 1. The predicted octanol–water partition coefficient (Wildman–Crippen LogP) is 4.61. The van der Waals surface area contributed by atoms with Crippen LogP contribution in [-0.2, 0) is 9.59 Å². The molecule has 1 aliphatic heterocycles. The van der Waals surface area contributed by atoms with E-state index in [-0.39, 0.29) is 11.9 Å². The van der Waals surface area contributed by atoms with Crippen molar-refractivity contribution in [1.82, 2.24) is 9.80 Å². The monoisotopic (exact) mass is 468 g/mol. The van der Waals surface area contributed by atoms with Gasteiger partial charge < -0.3 is 14.9 Å². The van der Waals surface area contributed by atoms with Gasteiger partial charge in [-0.25, -0.2) is 4.79 Å². The molecule has 5 nitrogen and oxygen atoms in total. The van der Waals surface area contributed by atoms with Gasteiger partial charge in [-0.1, -0.05) is 91.0 Å². The van der Waals surface area contributed by atoms with Crippen LogP contribution < -0.4 is 0 Å². The summed E-state index contributed by atoms with van der Waals surface area (Å²) >= 11 is 0. The van der Waals surface area contributed by atoms with Gasteiger partial charge in [-0.05, 0) is 48.4 Å². The van der Waals surface area contributed by atoms with E-state index in [0.29, 0.717) is 24.8 Å². The zero-order valence-electron chi connectivity index (χ0n) is 20.0. The zero-order chi connectivity index (χ0) is 24.4. The first-order chi connectivity index (χ1) is 17.0. The molecule has 0 spiro atoms. The average molecular weight is 469 g/mol. The molecule has 180 valence electrons. The molecule has 0 radical (unpaired) electrons. The third-order valence-electron chi connectivity index (χ3n) is 7.66. The summed E-state index contributed by atoms with van der Waals surface area (Å²) in [5.41, 5.74) is 3.15. The molecule has 0 aromatic heterocycles. The number of rotatable bonds is 8. The van der Waals surface area contributed by atoms with E-state index in [1.165, 1.54) is 5.56 Å². The minimum Gasteiger partial charge on any atom is -0.480 e. The van der Waals surface area contributed by atoms with E-state index in [9.17, 15) is 14.7 Å². The van der Waals surface area contributed by atoms with Gasteiger partial charge in [0.25, 0.3) is 0 Å². The van der Waals surface area contributed by atoms with Gasteiger partial charge in [0.1, 0.15) is 6.04 Å². The van der Waals surface area contributed by atoms with Gasteiger partial charge >= 0.3 is 5.97 Å². The second-order valence-corrected chi connectivity index (χ2v) is 9.94.